The lowest BCUT2D eigenvalue weighted by Crippen LogP contribution is -2.37. The van der Waals surface area contributed by atoms with Crippen molar-refractivity contribution in [1.29, 1.82) is 0 Å². The van der Waals surface area contributed by atoms with Gasteiger partial charge in [0.25, 0.3) is 0 Å². The standard InChI is InChI=1S/C10H14N6O/c1-2-15(10(11)17)3-4-16-7-14-9-8(16)5-12-6-13-9/h5-7H,2-4H2,1H3,(H2,11,17). The fourth-order valence-electron chi connectivity index (χ4n) is 1.64. The van der Waals surface area contributed by atoms with E-state index in [9.17, 15) is 4.79 Å². The predicted octanol–water partition coefficient (Wildman–Crippen LogP) is 0.227. The lowest BCUT2D eigenvalue weighted by atomic mass is 10.4. The zero-order valence-corrected chi connectivity index (χ0v) is 9.58. The summed E-state index contributed by atoms with van der Waals surface area (Å²) in [5.74, 6) is 0. The molecule has 2 rings (SSSR count). The number of imidazole rings is 1. The Kier molecular flexibility index (Phi) is 3.17. The summed E-state index contributed by atoms with van der Waals surface area (Å²) in [4.78, 5) is 24.7. The maximum atomic E-state index is 11.1. The maximum Gasteiger partial charge on any atom is 0.314 e. The Balaban J connectivity index is 2.11. The van der Waals surface area contributed by atoms with Crippen LogP contribution < -0.4 is 5.73 Å². The van der Waals surface area contributed by atoms with Gasteiger partial charge in [0, 0.05) is 19.6 Å². The molecule has 2 aromatic rings. The minimum absolute atomic E-state index is 0.409. The minimum Gasteiger partial charge on any atom is -0.351 e. The van der Waals surface area contributed by atoms with Crippen molar-refractivity contribution in [2.45, 2.75) is 13.5 Å². The Morgan fingerprint density at radius 2 is 2.35 bits per heavy atom. The second-order valence-corrected chi connectivity index (χ2v) is 3.59. The van der Waals surface area contributed by atoms with Crippen LogP contribution in [0.5, 0.6) is 0 Å². The summed E-state index contributed by atoms with van der Waals surface area (Å²) in [5, 5.41) is 0. The molecule has 90 valence electrons. The van der Waals surface area contributed by atoms with Gasteiger partial charge in [0.2, 0.25) is 0 Å². The number of nitrogens with zero attached hydrogens (tertiary/aromatic N) is 5. The first-order chi connectivity index (χ1) is 8.22. The van der Waals surface area contributed by atoms with Crippen LogP contribution in [0, 0.1) is 0 Å². The van der Waals surface area contributed by atoms with E-state index in [4.69, 9.17) is 5.73 Å². The first-order valence-electron chi connectivity index (χ1n) is 5.37. The van der Waals surface area contributed by atoms with E-state index in [0.717, 1.165) is 5.52 Å². The fourth-order valence-corrected chi connectivity index (χ4v) is 1.64. The Morgan fingerprint density at radius 1 is 1.53 bits per heavy atom. The van der Waals surface area contributed by atoms with Crippen LogP contribution in [-0.2, 0) is 6.54 Å². The Hall–Kier alpha value is -2.18. The number of rotatable bonds is 4. The highest BCUT2D eigenvalue weighted by Crippen LogP contribution is 2.07. The molecule has 2 amide bonds. The molecule has 0 fully saturated rings. The molecule has 7 nitrogen and oxygen atoms in total. The van der Waals surface area contributed by atoms with Gasteiger partial charge in [-0.25, -0.2) is 19.7 Å². The summed E-state index contributed by atoms with van der Waals surface area (Å²) in [7, 11) is 0. The average molecular weight is 234 g/mol. The van der Waals surface area contributed by atoms with Crippen LogP contribution in [0.1, 0.15) is 6.92 Å². The van der Waals surface area contributed by atoms with Gasteiger partial charge in [-0.15, -0.1) is 0 Å². The smallest absolute Gasteiger partial charge is 0.314 e. The average Bonchev–Trinajstić information content (AvgIpc) is 2.73. The number of carbonyl (C=O) groups is 1. The van der Waals surface area contributed by atoms with Crippen LogP contribution in [0.3, 0.4) is 0 Å². The van der Waals surface area contributed by atoms with Crippen LogP contribution in [0.25, 0.3) is 11.2 Å². The summed E-state index contributed by atoms with van der Waals surface area (Å²) >= 11 is 0. The van der Waals surface area contributed by atoms with E-state index in [1.54, 1.807) is 17.4 Å². The number of aromatic nitrogens is 4. The molecule has 2 N–H and O–H groups in total. The number of urea groups is 1. The van der Waals surface area contributed by atoms with Gasteiger partial charge in [-0.3, -0.25) is 0 Å². The van der Waals surface area contributed by atoms with E-state index in [1.807, 2.05) is 11.5 Å². The van der Waals surface area contributed by atoms with Gasteiger partial charge in [-0.2, -0.15) is 0 Å². The molecule has 0 aliphatic heterocycles. The van der Waals surface area contributed by atoms with E-state index >= 15 is 0 Å². The first-order valence-corrected chi connectivity index (χ1v) is 5.37. The second kappa shape index (κ2) is 4.77. The molecule has 0 unspecified atom stereocenters. The molecule has 0 saturated heterocycles. The van der Waals surface area contributed by atoms with E-state index in [2.05, 4.69) is 15.0 Å². The summed E-state index contributed by atoms with van der Waals surface area (Å²) in [6.45, 7) is 3.66. The Morgan fingerprint density at radius 3 is 3.06 bits per heavy atom. The second-order valence-electron chi connectivity index (χ2n) is 3.59. The van der Waals surface area contributed by atoms with Gasteiger partial charge in [-0.1, -0.05) is 0 Å². The van der Waals surface area contributed by atoms with Crippen LogP contribution in [0.4, 0.5) is 4.79 Å². The molecule has 2 aromatic heterocycles. The third kappa shape index (κ3) is 2.32. The number of fused-ring (bicyclic) bond motifs is 1. The van der Waals surface area contributed by atoms with E-state index in [0.29, 0.717) is 25.3 Å². The number of carbonyl (C=O) groups excluding carboxylic acids is 1. The van der Waals surface area contributed by atoms with E-state index < -0.39 is 6.03 Å². The molecule has 0 bridgehead atoms. The van der Waals surface area contributed by atoms with E-state index in [1.165, 1.54) is 6.33 Å². The van der Waals surface area contributed by atoms with Crippen molar-refractivity contribution in [3.8, 4) is 0 Å². The molecule has 0 atom stereocenters. The van der Waals surface area contributed by atoms with Crippen molar-refractivity contribution >= 4 is 17.2 Å². The monoisotopic (exact) mass is 234 g/mol. The highest BCUT2D eigenvalue weighted by Gasteiger charge is 2.08. The van der Waals surface area contributed by atoms with Gasteiger partial charge < -0.3 is 15.2 Å². The van der Waals surface area contributed by atoms with Gasteiger partial charge in [-0.05, 0) is 6.92 Å². The number of nitrogens with two attached hydrogens (primary N) is 1. The summed E-state index contributed by atoms with van der Waals surface area (Å²) in [6, 6.07) is -0.409. The van der Waals surface area contributed by atoms with Crippen molar-refractivity contribution in [2.75, 3.05) is 13.1 Å². The normalized spacial score (nSPS) is 10.6. The topological polar surface area (TPSA) is 89.9 Å². The fraction of sp³-hybridized carbons (Fsp3) is 0.400. The number of likely N-dealkylation sites (N-methyl/N-ethyl adjacent to an activating group) is 1. The summed E-state index contributed by atoms with van der Waals surface area (Å²) < 4.78 is 1.90. The third-order valence-corrected chi connectivity index (χ3v) is 2.61. The lowest BCUT2D eigenvalue weighted by molar-refractivity contribution is 0.208. The number of hydrogen-bond donors (Lipinski definition) is 1. The van der Waals surface area contributed by atoms with Gasteiger partial charge in [0.15, 0.2) is 5.65 Å². The molecule has 7 heteroatoms. The Bertz CT molecular complexity index is 522. The molecule has 0 radical (unpaired) electrons. The van der Waals surface area contributed by atoms with Gasteiger partial charge >= 0.3 is 6.03 Å². The number of primary amides is 1. The number of amides is 2. The van der Waals surface area contributed by atoms with Crippen molar-refractivity contribution in [1.82, 2.24) is 24.4 Å². The molecule has 17 heavy (non-hydrogen) atoms. The molecule has 0 spiro atoms. The van der Waals surface area contributed by atoms with Crippen molar-refractivity contribution in [3.05, 3.63) is 18.9 Å². The zero-order chi connectivity index (χ0) is 12.3. The summed E-state index contributed by atoms with van der Waals surface area (Å²) in [6.07, 6.45) is 4.85. The highest BCUT2D eigenvalue weighted by molar-refractivity contribution is 5.72. The van der Waals surface area contributed by atoms with Gasteiger partial charge in [0.1, 0.15) is 11.8 Å². The van der Waals surface area contributed by atoms with Crippen LogP contribution >= 0.6 is 0 Å². The van der Waals surface area contributed by atoms with Crippen LogP contribution in [0.2, 0.25) is 0 Å². The minimum atomic E-state index is -0.409. The largest absolute Gasteiger partial charge is 0.351 e. The highest BCUT2D eigenvalue weighted by atomic mass is 16.2. The quantitative estimate of drug-likeness (QED) is 0.819. The van der Waals surface area contributed by atoms with Gasteiger partial charge in [0.05, 0.1) is 12.5 Å². The first kappa shape index (κ1) is 11.3. The maximum absolute atomic E-state index is 11.1. The van der Waals surface area contributed by atoms with E-state index in [-0.39, 0.29) is 0 Å². The molecule has 2 heterocycles. The third-order valence-electron chi connectivity index (χ3n) is 2.61. The molecule has 0 aliphatic rings. The molecular formula is C10H14N6O. The molecule has 0 aromatic carbocycles. The summed E-state index contributed by atoms with van der Waals surface area (Å²) in [5.41, 5.74) is 6.75. The van der Waals surface area contributed by atoms with Crippen LogP contribution in [0.15, 0.2) is 18.9 Å². The van der Waals surface area contributed by atoms with Crippen molar-refractivity contribution in [3.63, 3.8) is 0 Å². The molecule has 0 aliphatic carbocycles. The van der Waals surface area contributed by atoms with Crippen molar-refractivity contribution < 1.29 is 4.79 Å². The molecular weight excluding hydrogens is 220 g/mol. The van der Waals surface area contributed by atoms with Crippen molar-refractivity contribution in [2.24, 2.45) is 5.73 Å². The SMILES string of the molecule is CCN(CCn1cnc2ncncc21)C(N)=O. The predicted molar refractivity (Wildman–Crippen MR) is 62.2 cm³/mol. The van der Waals surface area contributed by atoms with Crippen LogP contribution in [-0.4, -0.2) is 43.5 Å². The lowest BCUT2D eigenvalue weighted by Gasteiger charge is -2.18. The number of hydrogen-bond acceptors (Lipinski definition) is 4. The molecule has 0 saturated carbocycles. The Labute approximate surface area is 98.3 Å². The zero-order valence-electron chi connectivity index (χ0n) is 9.58.